The summed E-state index contributed by atoms with van der Waals surface area (Å²) in [5.41, 5.74) is 1.96. The zero-order chi connectivity index (χ0) is 18.6. The Kier molecular flexibility index (Phi) is 5.49. The number of sulfonamides is 1. The third-order valence-electron chi connectivity index (χ3n) is 4.17. The Morgan fingerprint density at radius 3 is 2.12 bits per heavy atom. The maximum atomic E-state index is 12.9. The molecule has 1 heterocycles. The zero-order valence-corrected chi connectivity index (χ0v) is 15.6. The lowest BCUT2D eigenvalue weighted by Gasteiger charge is -2.19. The van der Waals surface area contributed by atoms with E-state index < -0.39 is 16.1 Å². The van der Waals surface area contributed by atoms with Crippen LogP contribution in [-0.2, 0) is 16.6 Å². The van der Waals surface area contributed by atoms with Gasteiger partial charge < -0.3 is 0 Å². The summed E-state index contributed by atoms with van der Waals surface area (Å²) in [6, 6.07) is 16.0. The van der Waals surface area contributed by atoms with E-state index in [2.05, 4.69) is 28.8 Å². The highest BCUT2D eigenvalue weighted by Gasteiger charge is 2.22. The van der Waals surface area contributed by atoms with Gasteiger partial charge in [0.25, 0.3) is 0 Å². The van der Waals surface area contributed by atoms with Crippen LogP contribution in [0.5, 0.6) is 0 Å². The quantitative estimate of drug-likeness (QED) is 0.693. The largest absolute Gasteiger partial charge is 0.241 e. The van der Waals surface area contributed by atoms with Crippen LogP contribution in [0.2, 0.25) is 0 Å². The lowest BCUT2D eigenvalue weighted by Crippen LogP contribution is -2.32. The molecule has 6 nitrogen and oxygen atoms in total. The van der Waals surface area contributed by atoms with Crippen LogP contribution >= 0.6 is 0 Å². The van der Waals surface area contributed by atoms with Gasteiger partial charge in [-0.25, -0.2) is 13.1 Å². The maximum absolute atomic E-state index is 12.9. The number of aromatic nitrogens is 3. The second-order valence-corrected chi connectivity index (χ2v) is 8.11. The molecule has 2 aromatic carbocycles. The number of nitrogens with zero attached hydrogens (tertiary/aromatic N) is 3. The predicted octanol–water partition coefficient (Wildman–Crippen LogP) is 3.12. The van der Waals surface area contributed by atoms with E-state index in [0.29, 0.717) is 12.5 Å². The number of hydrogen-bond donors (Lipinski definition) is 1. The summed E-state index contributed by atoms with van der Waals surface area (Å²) in [5.74, 6) is 0.350. The minimum Gasteiger partial charge on any atom is -0.207 e. The summed E-state index contributed by atoms with van der Waals surface area (Å²) >= 11 is 0. The van der Waals surface area contributed by atoms with Gasteiger partial charge in [-0.05, 0) is 29.2 Å². The van der Waals surface area contributed by atoms with Crippen molar-refractivity contribution in [2.75, 3.05) is 0 Å². The Morgan fingerprint density at radius 2 is 1.54 bits per heavy atom. The summed E-state index contributed by atoms with van der Waals surface area (Å²) in [7, 11) is -3.67. The van der Waals surface area contributed by atoms with Crippen molar-refractivity contribution in [2.45, 2.75) is 37.2 Å². The van der Waals surface area contributed by atoms with Crippen LogP contribution < -0.4 is 4.72 Å². The van der Waals surface area contributed by atoms with Crippen LogP contribution in [0.3, 0.4) is 0 Å². The van der Waals surface area contributed by atoms with E-state index in [1.807, 2.05) is 42.5 Å². The highest BCUT2D eigenvalue weighted by atomic mass is 32.2. The van der Waals surface area contributed by atoms with Crippen LogP contribution in [0.15, 0.2) is 71.9 Å². The molecule has 0 radical (unpaired) electrons. The van der Waals surface area contributed by atoms with Crippen LogP contribution in [0.1, 0.15) is 36.9 Å². The molecular weight excluding hydrogens is 348 g/mol. The third kappa shape index (κ3) is 4.36. The Hall–Kier alpha value is -2.51. The minimum atomic E-state index is -3.67. The Morgan fingerprint density at radius 1 is 0.923 bits per heavy atom. The van der Waals surface area contributed by atoms with E-state index in [1.54, 1.807) is 24.5 Å². The second-order valence-electron chi connectivity index (χ2n) is 6.39. The van der Waals surface area contributed by atoms with Crippen LogP contribution in [0.4, 0.5) is 0 Å². The summed E-state index contributed by atoms with van der Waals surface area (Å²) in [6.45, 7) is 4.45. The fourth-order valence-electron chi connectivity index (χ4n) is 2.68. The lowest BCUT2D eigenvalue weighted by molar-refractivity contribution is 0.444. The molecule has 0 fully saturated rings. The topological polar surface area (TPSA) is 76.9 Å². The van der Waals surface area contributed by atoms with Crippen molar-refractivity contribution in [3.63, 3.8) is 0 Å². The van der Waals surface area contributed by atoms with E-state index in [4.69, 9.17) is 0 Å². The van der Waals surface area contributed by atoms with Gasteiger partial charge in [0.1, 0.15) is 0 Å². The molecule has 0 aliphatic heterocycles. The summed E-state index contributed by atoms with van der Waals surface area (Å²) in [4.78, 5) is 1.72. The van der Waals surface area contributed by atoms with Gasteiger partial charge in [-0.2, -0.15) is 15.0 Å². The first-order chi connectivity index (χ1) is 12.5. The van der Waals surface area contributed by atoms with E-state index in [0.717, 1.165) is 11.1 Å². The van der Waals surface area contributed by atoms with Crippen molar-refractivity contribution >= 4 is 10.0 Å². The van der Waals surface area contributed by atoms with Crippen molar-refractivity contribution in [3.8, 4) is 0 Å². The Labute approximate surface area is 153 Å². The molecule has 1 aromatic heterocycles. The fraction of sp³-hybridized carbons (Fsp3) is 0.263. The highest BCUT2D eigenvalue weighted by Crippen LogP contribution is 2.21. The van der Waals surface area contributed by atoms with Crippen molar-refractivity contribution in [1.82, 2.24) is 19.7 Å². The van der Waals surface area contributed by atoms with Gasteiger partial charge >= 0.3 is 0 Å². The lowest BCUT2D eigenvalue weighted by atomic mass is 10.0. The predicted molar refractivity (Wildman–Crippen MR) is 100 cm³/mol. The molecule has 1 atom stereocenters. The summed E-state index contributed by atoms with van der Waals surface area (Å²) in [6.07, 6.45) is 3.14. The van der Waals surface area contributed by atoms with Gasteiger partial charge in [0.2, 0.25) is 10.0 Å². The van der Waals surface area contributed by atoms with Gasteiger partial charge in [0.05, 0.1) is 29.9 Å². The smallest absolute Gasteiger partial charge is 0.207 e. The first-order valence-electron chi connectivity index (χ1n) is 8.47. The summed E-state index contributed by atoms with van der Waals surface area (Å²) < 4.78 is 28.5. The molecule has 0 saturated heterocycles. The molecule has 1 unspecified atom stereocenters. The SMILES string of the molecule is CC(C)c1ccc(S(=O)(=O)NC(Cn2nccn2)c2ccccc2)cc1. The Bertz CT molecular complexity index is 921. The van der Waals surface area contributed by atoms with Crippen molar-refractivity contribution in [3.05, 3.63) is 78.1 Å². The molecular formula is C19H22N4O2S. The molecule has 0 amide bonds. The van der Waals surface area contributed by atoms with Gasteiger partial charge in [-0.1, -0.05) is 56.3 Å². The minimum absolute atomic E-state index is 0.247. The van der Waals surface area contributed by atoms with E-state index in [-0.39, 0.29) is 4.90 Å². The number of nitrogens with one attached hydrogen (secondary N) is 1. The molecule has 1 N–H and O–H groups in total. The molecule has 136 valence electrons. The average Bonchev–Trinajstić information content (AvgIpc) is 3.15. The number of hydrogen-bond acceptors (Lipinski definition) is 4. The molecule has 0 aliphatic rings. The first kappa shape index (κ1) is 18.3. The maximum Gasteiger partial charge on any atom is 0.241 e. The highest BCUT2D eigenvalue weighted by molar-refractivity contribution is 7.89. The molecule has 0 spiro atoms. The standard InChI is InChI=1S/C19H22N4O2S/c1-15(2)16-8-10-18(11-9-16)26(24,25)22-19(14-23-20-12-13-21-23)17-6-4-3-5-7-17/h3-13,15,19,22H,14H2,1-2H3. The van der Waals surface area contributed by atoms with Crippen LogP contribution in [0, 0.1) is 0 Å². The van der Waals surface area contributed by atoms with Gasteiger partial charge in [0, 0.05) is 0 Å². The molecule has 26 heavy (non-hydrogen) atoms. The van der Waals surface area contributed by atoms with Gasteiger partial charge in [0.15, 0.2) is 0 Å². The molecule has 0 aliphatic carbocycles. The monoisotopic (exact) mass is 370 g/mol. The van der Waals surface area contributed by atoms with Crippen LogP contribution in [-0.4, -0.2) is 23.4 Å². The van der Waals surface area contributed by atoms with E-state index in [9.17, 15) is 8.42 Å². The molecule has 7 heteroatoms. The van der Waals surface area contributed by atoms with E-state index in [1.165, 1.54) is 4.80 Å². The second kappa shape index (κ2) is 7.80. The first-order valence-corrected chi connectivity index (χ1v) is 9.95. The third-order valence-corrected chi connectivity index (χ3v) is 5.66. The average molecular weight is 370 g/mol. The normalized spacial score (nSPS) is 13.0. The molecule has 3 rings (SSSR count). The zero-order valence-electron chi connectivity index (χ0n) is 14.8. The van der Waals surface area contributed by atoms with Crippen molar-refractivity contribution in [1.29, 1.82) is 0 Å². The van der Waals surface area contributed by atoms with Crippen LogP contribution in [0.25, 0.3) is 0 Å². The van der Waals surface area contributed by atoms with Gasteiger partial charge in [-0.3, -0.25) is 0 Å². The van der Waals surface area contributed by atoms with Gasteiger partial charge in [-0.15, -0.1) is 0 Å². The Balaban J connectivity index is 1.87. The molecule has 3 aromatic rings. The number of rotatable bonds is 7. The number of benzene rings is 2. The van der Waals surface area contributed by atoms with Crippen molar-refractivity contribution < 1.29 is 8.42 Å². The molecule has 0 bridgehead atoms. The fourth-order valence-corrected chi connectivity index (χ4v) is 3.90. The molecule has 0 saturated carbocycles. The van der Waals surface area contributed by atoms with Crippen molar-refractivity contribution in [2.24, 2.45) is 0 Å². The van der Waals surface area contributed by atoms with E-state index >= 15 is 0 Å². The summed E-state index contributed by atoms with van der Waals surface area (Å²) in [5, 5.41) is 8.17.